The van der Waals surface area contributed by atoms with Crippen LogP contribution < -0.4 is 0 Å². The maximum atomic E-state index is 4.66. The molecule has 6 rings (SSSR count). The number of nitrogens with zero attached hydrogens (tertiary/aromatic N) is 2. The van der Waals surface area contributed by atoms with E-state index in [9.17, 15) is 0 Å². The summed E-state index contributed by atoms with van der Waals surface area (Å²) in [5, 5.41) is 14.3. The SMILES string of the molecule is C1=Cc2cccc3cccc(c23)C1=NN=C1C=Cc2cccc3cccc1c23. The quantitative estimate of drug-likeness (QED) is 0.361. The van der Waals surface area contributed by atoms with Gasteiger partial charge in [-0.1, -0.05) is 84.9 Å². The molecular weight excluding hydrogens is 340 g/mol. The van der Waals surface area contributed by atoms with Crippen molar-refractivity contribution in [2.24, 2.45) is 10.2 Å². The molecule has 2 nitrogen and oxygen atoms in total. The summed E-state index contributed by atoms with van der Waals surface area (Å²) in [6.07, 6.45) is 8.37. The van der Waals surface area contributed by atoms with Gasteiger partial charge in [-0.05, 0) is 44.8 Å². The van der Waals surface area contributed by atoms with Gasteiger partial charge < -0.3 is 0 Å². The van der Waals surface area contributed by atoms with Gasteiger partial charge in [0.05, 0.1) is 11.4 Å². The fourth-order valence-electron chi connectivity index (χ4n) is 4.24. The monoisotopic (exact) mass is 356 g/mol. The first-order valence-corrected chi connectivity index (χ1v) is 9.44. The molecule has 2 aliphatic carbocycles. The van der Waals surface area contributed by atoms with E-state index in [1.54, 1.807) is 0 Å². The number of hydrogen-bond donors (Lipinski definition) is 0. The topological polar surface area (TPSA) is 24.7 Å². The van der Waals surface area contributed by atoms with Crippen molar-refractivity contribution in [1.82, 2.24) is 0 Å². The Bertz CT molecular complexity index is 1280. The highest BCUT2D eigenvalue weighted by Gasteiger charge is 2.15. The predicted octanol–water partition coefficient (Wildman–Crippen LogP) is 6.24. The van der Waals surface area contributed by atoms with E-state index in [-0.39, 0.29) is 0 Å². The molecule has 0 amide bonds. The highest BCUT2D eigenvalue weighted by atomic mass is 15.2. The third-order valence-corrected chi connectivity index (χ3v) is 5.53. The summed E-state index contributed by atoms with van der Waals surface area (Å²) in [4.78, 5) is 0. The summed E-state index contributed by atoms with van der Waals surface area (Å²) in [5.41, 5.74) is 6.54. The Morgan fingerprint density at radius 3 is 1.32 bits per heavy atom. The Balaban J connectivity index is 1.52. The summed E-state index contributed by atoms with van der Waals surface area (Å²) in [6, 6.07) is 25.5. The van der Waals surface area contributed by atoms with Gasteiger partial charge in [-0.2, -0.15) is 0 Å². The van der Waals surface area contributed by atoms with Gasteiger partial charge in [-0.3, -0.25) is 0 Å². The minimum absolute atomic E-state index is 0.899. The molecule has 0 bridgehead atoms. The van der Waals surface area contributed by atoms with Gasteiger partial charge in [-0.25, -0.2) is 0 Å². The van der Waals surface area contributed by atoms with Crippen molar-refractivity contribution in [3.63, 3.8) is 0 Å². The van der Waals surface area contributed by atoms with Gasteiger partial charge in [-0.15, -0.1) is 10.2 Å². The zero-order valence-electron chi connectivity index (χ0n) is 15.1. The lowest BCUT2D eigenvalue weighted by Crippen LogP contribution is -2.05. The summed E-state index contributed by atoms with van der Waals surface area (Å²) >= 11 is 0. The van der Waals surface area contributed by atoms with Crippen molar-refractivity contribution in [2.45, 2.75) is 0 Å². The molecule has 0 atom stereocenters. The third-order valence-electron chi connectivity index (χ3n) is 5.53. The second-order valence-corrected chi connectivity index (χ2v) is 7.14. The maximum Gasteiger partial charge on any atom is 0.0936 e. The van der Waals surface area contributed by atoms with Gasteiger partial charge in [0.15, 0.2) is 0 Å². The second-order valence-electron chi connectivity index (χ2n) is 7.14. The maximum absolute atomic E-state index is 4.66. The fraction of sp³-hybridized carbons (Fsp3) is 0. The molecule has 0 unspecified atom stereocenters. The van der Waals surface area contributed by atoms with Crippen molar-refractivity contribution < 1.29 is 0 Å². The Kier molecular flexibility index (Phi) is 3.20. The molecule has 4 aromatic rings. The normalized spacial score (nSPS) is 17.1. The molecule has 0 spiro atoms. The average Bonchev–Trinajstić information content (AvgIpc) is 2.75. The molecule has 2 heteroatoms. The molecule has 0 heterocycles. The van der Waals surface area contributed by atoms with Crippen molar-refractivity contribution in [3.8, 4) is 0 Å². The summed E-state index contributed by atoms with van der Waals surface area (Å²) in [7, 11) is 0. The van der Waals surface area contributed by atoms with Crippen LogP contribution in [0.15, 0.2) is 95.2 Å². The lowest BCUT2D eigenvalue weighted by Gasteiger charge is -2.15. The van der Waals surface area contributed by atoms with E-state index < -0.39 is 0 Å². The minimum Gasteiger partial charge on any atom is -0.150 e. The van der Waals surface area contributed by atoms with E-state index in [0.29, 0.717) is 0 Å². The minimum atomic E-state index is 0.899. The number of hydrogen-bond acceptors (Lipinski definition) is 2. The molecule has 0 aliphatic heterocycles. The van der Waals surface area contributed by atoms with Crippen molar-refractivity contribution in [2.75, 3.05) is 0 Å². The van der Waals surface area contributed by atoms with Gasteiger partial charge in [0.2, 0.25) is 0 Å². The van der Waals surface area contributed by atoms with Crippen LogP contribution in [-0.4, -0.2) is 11.4 Å². The van der Waals surface area contributed by atoms with Crippen LogP contribution in [0.3, 0.4) is 0 Å². The van der Waals surface area contributed by atoms with Crippen LogP contribution in [0.4, 0.5) is 0 Å². The molecule has 0 N–H and O–H groups in total. The van der Waals surface area contributed by atoms with Gasteiger partial charge in [0, 0.05) is 11.1 Å². The fourth-order valence-corrected chi connectivity index (χ4v) is 4.24. The predicted molar refractivity (Wildman–Crippen MR) is 119 cm³/mol. The molecule has 0 aromatic heterocycles. The smallest absolute Gasteiger partial charge is 0.0936 e. The van der Waals surface area contributed by atoms with Crippen LogP contribution >= 0.6 is 0 Å². The average molecular weight is 356 g/mol. The van der Waals surface area contributed by atoms with Crippen LogP contribution in [-0.2, 0) is 0 Å². The molecule has 4 aromatic carbocycles. The molecule has 0 saturated heterocycles. The van der Waals surface area contributed by atoms with Crippen LogP contribution in [0, 0.1) is 0 Å². The standard InChI is InChI=1S/C26H16N2/c1-5-17-9-3-11-21-23(15-13-19(7-1)25(17)21)27-28-24-16-14-20-8-2-6-18-10-4-12-22(24)26(18)20/h1-16H. The number of rotatable bonds is 1. The Hall–Kier alpha value is -3.78. The van der Waals surface area contributed by atoms with E-state index in [4.69, 9.17) is 0 Å². The lowest BCUT2D eigenvalue weighted by molar-refractivity contribution is 1.24. The number of allylic oxidation sites excluding steroid dienone is 2. The molecule has 2 aliphatic rings. The van der Waals surface area contributed by atoms with Crippen molar-refractivity contribution >= 4 is 45.1 Å². The van der Waals surface area contributed by atoms with Gasteiger partial charge in [0.1, 0.15) is 0 Å². The van der Waals surface area contributed by atoms with E-state index in [2.05, 4.69) is 107 Å². The first-order valence-electron chi connectivity index (χ1n) is 9.44. The first-order chi connectivity index (χ1) is 13.9. The van der Waals surface area contributed by atoms with E-state index in [1.807, 2.05) is 0 Å². The van der Waals surface area contributed by atoms with Crippen molar-refractivity contribution in [3.05, 3.63) is 107 Å². The summed E-state index contributed by atoms with van der Waals surface area (Å²) in [5.74, 6) is 0. The highest BCUT2D eigenvalue weighted by Crippen LogP contribution is 2.30. The third kappa shape index (κ3) is 2.21. The highest BCUT2D eigenvalue weighted by molar-refractivity contribution is 6.24. The summed E-state index contributed by atoms with van der Waals surface area (Å²) < 4.78 is 0. The van der Waals surface area contributed by atoms with E-state index >= 15 is 0 Å². The Morgan fingerprint density at radius 2 is 0.857 bits per heavy atom. The zero-order chi connectivity index (χ0) is 18.5. The Morgan fingerprint density at radius 1 is 0.429 bits per heavy atom. The molecule has 130 valence electrons. The van der Waals surface area contributed by atoms with Gasteiger partial charge >= 0.3 is 0 Å². The van der Waals surface area contributed by atoms with E-state index in [1.165, 1.54) is 32.7 Å². The van der Waals surface area contributed by atoms with E-state index in [0.717, 1.165) is 22.6 Å². The largest absolute Gasteiger partial charge is 0.150 e. The lowest BCUT2D eigenvalue weighted by atomic mass is 9.92. The number of benzene rings is 4. The molecular formula is C26H16N2. The van der Waals surface area contributed by atoms with Crippen LogP contribution in [0.25, 0.3) is 33.7 Å². The zero-order valence-corrected chi connectivity index (χ0v) is 15.1. The van der Waals surface area contributed by atoms with Gasteiger partial charge in [0.25, 0.3) is 0 Å². The van der Waals surface area contributed by atoms with Crippen molar-refractivity contribution in [1.29, 1.82) is 0 Å². The Labute approximate surface area is 162 Å². The van der Waals surface area contributed by atoms with Crippen LogP contribution in [0.2, 0.25) is 0 Å². The summed E-state index contributed by atoms with van der Waals surface area (Å²) in [6.45, 7) is 0. The molecule has 0 radical (unpaired) electrons. The second kappa shape index (κ2) is 5.86. The first kappa shape index (κ1) is 15.3. The van der Waals surface area contributed by atoms with Crippen LogP contribution in [0.1, 0.15) is 22.3 Å². The molecule has 0 fully saturated rings. The molecule has 28 heavy (non-hydrogen) atoms. The van der Waals surface area contributed by atoms with Crippen LogP contribution in [0.5, 0.6) is 0 Å². The molecule has 0 saturated carbocycles.